The Morgan fingerprint density at radius 1 is 1.60 bits per heavy atom. The van der Waals surface area contributed by atoms with E-state index in [1.807, 2.05) is 13.8 Å². The third-order valence-corrected chi connectivity index (χ3v) is 1.96. The molecule has 1 saturated carbocycles. The van der Waals surface area contributed by atoms with Gasteiger partial charge in [-0.2, -0.15) is 0 Å². The quantitative estimate of drug-likeness (QED) is 0.640. The summed E-state index contributed by atoms with van der Waals surface area (Å²) in [6.45, 7) is 4.85. The molecule has 0 spiro atoms. The highest BCUT2D eigenvalue weighted by Gasteiger charge is 2.33. The van der Waals surface area contributed by atoms with Gasteiger partial charge in [0.1, 0.15) is 0 Å². The second kappa shape index (κ2) is 3.35. The van der Waals surface area contributed by atoms with Gasteiger partial charge in [0.15, 0.2) is 0 Å². The lowest BCUT2D eigenvalue weighted by atomic mass is 10.1. The largest absolute Gasteiger partial charge is 0.377 e. The van der Waals surface area contributed by atoms with E-state index in [1.165, 1.54) is 12.8 Å². The van der Waals surface area contributed by atoms with Gasteiger partial charge < -0.3 is 10.5 Å². The van der Waals surface area contributed by atoms with E-state index in [4.69, 9.17) is 10.5 Å². The van der Waals surface area contributed by atoms with Gasteiger partial charge in [-0.05, 0) is 32.6 Å². The summed E-state index contributed by atoms with van der Waals surface area (Å²) >= 11 is 0. The minimum Gasteiger partial charge on any atom is -0.377 e. The van der Waals surface area contributed by atoms with Crippen LogP contribution in [0.3, 0.4) is 0 Å². The molecule has 2 atom stereocenters. The van der Waals surface area contributed by atoms with E-state index < -0.39 is 0 Å². The standard InChI is InChI=1S/C8H17NO/c1-3-10-8(6(2)9)7-4-5-7/h6-8H,3-5,9H2,1-2H3/t6-,8?/m0/s1. The average Bonchev–Trinajstić information content (AvgIpc) is 2.63. The Bertz CT molecular complexity index is 97.4. The maximum atomic E-state index is 5.74. The van der Waals surface area contributed by atoms with Crippen LogP contribution in [0.4, 0.5) is 0 Å². The molecule has 0 amide bonds. The zero-order valence-corrected chi connectivity index (χ0v) is 6.84. The fraction of sp³-hybridized carbons (Fsp3) is 1.00. The summed E-state index contributed by atoms with van der Waals surface area (Å²) in [7, 11) is 0. The lowest BCUT2D eigenvalue weighted by Crippen LogP contribution is -2.35. The average molecular weight is 143 g/mol. The van der Waals surface area contributed by atoms with E-state index in [0.29, 0.717) is 6.10 Å². The second-order valence-corrected chi connectivity index (χ2v) is 3.12. The molecule has 1 rings (SSSR count). The fourth-order valence-electron chi connectivity index (χ4n) is 1.33. The smallest absolute Gasteiger partial charge is 0.0751 e. The Labute approximate surface area is 62.7 Å². The monoisotopic (exact) mass is 143 g/mol. The zero-order valence-electron chi connectivity index (χ0n) is 6.84. The summed E-state index contributed by atoms with van der Waals surface area (Å²) in [5.41, 5.74) is 5.74. The Balaban J connectivity index is 2.26. The molecule has 0 bridgehead atoms. The van der Waals surface area contributed by atoms with Gasteiger partial charge in [-0.3, -0.25) is 0 Å². The third kappa shape index (κ3) is 1.96. The predicted molar refractivity (Wildman–Crippen MR) is 41.8 cm³/mol. The zero-order chi connectivity index (χ0) is 7.56. The lowest BCUT2D eigenvalue weighted by Gasteiger charge is -2.19. The molecule has 60 valence electrons. The van der Waals surface area contributed by atoms with Crippen molar-refractivity contribution in [1.29, 1.82) is 0 Å². The molecule has 0 aromatic heterocycles. The van der Waals surface area contributed by atoms with Crippen molar-refractivity contribution >= 4 is 0 Å². The topological polar surface area (TPSA) is 35.2 Å². The highest BCUT2D eigenvalue weighted by Crippen LogP contribution is 2.35. The number of hydrogen-bond acceptors (Lipinski definition) is 2. The molecule has 0 aliphatic heterocycles. The first kappa shape index (κ1) is 8.02. The lowest BCUT2D eigenvalue weighted by molar-refractivity contribution is 0.0328. The van der Waals surface area contributed by atoms with Crippen LogP contribution in [0, 0.1) is 5.92 Å². The summed E-state index contributed by atoms with van der Waals surface area (Å²) in [4.78, 5) is 0. The Hall–Kier alpha value is -0.0800. The molecular formula is C8H17NO. The van der Waals surface area contributed by atoms with Crippen molar-refractivity contribution in [3.05, 3.63) is 0 Å². The van der Waals surface area contributed by atoms with E-state index in [-0.39, 0.29) is 6.04 Å². The van der Waals surface area contributed by atoms with Gasteiger partial charge in [-0.25, -0.2) is 0 Å². The molecule has 0 saturated heterocycles. The normalized spacial score (nSPS) is 24.3. The highest BCUT2D eigenvalue weighted by atomic mass is 16.5. The van der Waals surface area contributed by atoms with Crippen LogP contribution in [0.2, 0.25) is 0 Å². The molecule has 2 N–H and O–H groups in total. The minimum absolute atomic E-state index is 0.201. The molecule has 1 fully saturated rings. The van der Waals surface area contributed by atoms with E-state index in [2.05, 4.69) is 0 Å². The van der Waals surface area contributed by atoms with Gasteiger partial charge in [0, 0.05) is 12.6 Å². The van der Waals surface area contributed by atoms with E-state index in [9.17, 15) is 0 Å². The summed E-state index contributed by atoms with van der Waals surface area (Å²) in [6, 6.07) is 0.201. The van der Waals surface area contributed by atoms with Gasteiger partial charge in [-0.1, -0.05) is 0 Å². The number of nitrogens with two attached hydrogens (primary N) is 1. The van der Waals surface area contributed by atoms with Gasteiger partial charge >= 0.3 is 0 Å². The van der Waals surface area contributed by atoms with E-state index in [0.717, 1.165) is 12.5 Å². The first-order valence-electron chi connectivity index (χ1n) is 4.13. The first-order chi connectivity index (χ1) is 4.75. The maximum absolute atomic E-state index is 5.74. The summed E-state index contributed by atoms with van der Waals surface area (Å²) < 4.78 is 5.50. The van der Waals surface area contributed by atoms with Crippen molar-refractivity contribution in [2.24, 2.45) is 11.7 Å². The number of rotatable bonds is 4. The SMILES string of the molecule is CCOC(C1CC1)[C@H](C)N. The highest BCUT2D eigenvalue weighted by molar-refractivity contribution is 4.86. The molecule has 10 heavy (non-hydrogen) atoms. The molecule has 2 nitrogen and oxygen atoms in total. The van der Waals surface area contributed by atoms with Crippen molar-refractivity contribution in [2.45, 2.75) is 38.8 Å². The van der Waals surface area contributed by atoms with Crippen LogP contribution in [0.15, 0.2) is 0 Å². The Morgan fingerprint density at radius 2 is 2.20 bits per heavy atom. The molecule has 0 radical (unpaired) electrons. The van der Waals surface area contributed by atoms with Crippen molar-refractivity contribution in [2.75, 3.05) is 6.61 Å². The maximum Gasteiger partial charge on any atom is 0.0751 e. The van der Waals surface area contributed by atoms with E-state index in [1.54, 1.807) is 0 Å². The molecular weight excluding hydrogens is 126 g/mol. The Kier molecular flexibility index (Phi) is 2.69. The first-order valence-corrected chi connectivity index (χ1v) is 4.13. The number of ether oxygens (including phenoxy) is 1. The molecule has 0 heterocycles. The van der Waals surface area contributed by atoms with Gasteiger partial charge in [0.2, 0.25) is 0 Å². The summed E-state index contributed by atoms with van der Waals surface area (Å²) in [5, 5.41) is 0. The van der Waals surface area contributed by atoms with Gasteiger partial charge in [0.25, 0.3) is 0 Å². The van der Waals surface area contributed by atoms with Crippen LogP contribution < -0.4 is 5.73 Å². The second-order valence-electron chi connectivity index (χ2n) is 3.12. The molecule has 1 aliphatic carbocycles. The van der Waals surface area contributed by atoms with Crippen LogP contribution in [0.25, 0.3) is 0 Å². The third-order valence-electron chi connectivity index (χ3n) is 1.96. The molecule has 0 aromatic rings. The molecule has 1 unspecified atom stereocenters. The fourth-order valence-corrected chi connectivity index (χ4v) is 1.33. The van der Waals surface area contributed by atoms with Crippen LogP contribution in [0.5, 0.6) is 0 Å². The van der Waals surface area contributed by atoms with E-state index >= 15 is 0 Å². The summed E-state index contributed by atoms with van der Waals surface area (Å²) in [5.74, 6) is 0.764. The molecule has 2 heteroatoms. The van der Waals surface area contributed by atoms with Crippen LogP contribution >= 0.6 is 0 Å². The molecule has 0 aromatic carbocycles. The van der Waals surface area contributed by atoms with Crippen LogP contribution in [-0.4, -0.2) is 18.8 Å². The van der Waals surface area contributed by atoms with Gasteiger partial charge in [0.05, 0.1) is 6.10 Å². The van der Waals surface area contributed by atoms with Crippen LogP contribution in [0.1, 0.15) is 26.7 Å². The minimum atomic E-state index is 0.201. The van der Waals surface area contributed by atoms with Crippen molar-refractivity contribution in [1.82, 2.24) is 0 Å². The van der Waals surface area contributed by atoms with Crippen molar-refractivity contribution in [3.63, 3.8) is 0 Å². The number of hydrogen-bond donors (Lipinski definition) is 1. The Morgan fingerprint density at radius 3 is 2.50 bits per heavy atom. The van der Waals surface area contributed by atoms with Crippen molar-refractivity contribution < 1.29 is 4.74 Å². The molecule has 1 aliphatic rings. The van der Waals surface area contributed by atoms with Gasteiger partial charge in [-0.15, -0.1) is 0 Å². The van der Waals surface area contributed by atoms with Crippen molar-refractivity contribution in [3.8, 4) is 0 Å². The summed E-state index contributed by atoms with van der Waals surface area (Å²) in [6.07, 6.45) is 2.95. The van der Waals surface area contributed by atoms with Crippen LogP contribution in [-0.2, 0) is 4.74 Å². The predicted octanol–water partition coefficient (Wildman–Crippen LogP) is 1.15.